The molecular formula is C19H24F2N4O4S. The third-order valence-corrected chi connectivity index (χ3v) is 6.92. The number of amides is 1. The van der Waals surface area contributed by atoms with Gasteiger partial charge in [0.05, 0.1) is 5.75 Å². The van der Waals surface area contributed by atoms with Gasteiger partial charge in [-0.3, -0.25) is 9.69 Å². The van der Waals surface area contributed by atoms with Gasteiger partial charge in [0.2, 0.25) is 10.0 Å². The van der Waals surface area contributed by atoms with Crippen molar-refractivity contribution in [3.8, 4) is 11.3 Å². The van der Waals surface area contributed by atoms with Crippen LogP contribution in [-0.2, 0) is 10.0 Å². The highest BCUT2D eigenvalue weighted by Crippen LogP contribution is 2.22. The van der Waals surface area contributed by atoms with Gasteiger partial charge in [-0.05, 0) is 24.6 Å². The van der Waals surface area contributed by atoms with E-state index in [9.17, 15) is 22.0 Å². The smallest absolute Gasteiger partial charge is 0.273 e. The summed E-state index contributed by atoms with van der Waals surface area (Å²) in [5, 5.41) is 6.40. The number of benzene rings is 1. The first kappa shape index (κ1) is 22.3. The van der Waals surface area contributed by atoms with Crippen LogP contribution in [0.15, 0.2) is 28.8 Å². The largest absolute Gasteiger partial charge is 0.355 e. The fourth-order valence-corrected chi connectivity index (χ4v) is 4.70. The summed E-state index contributed by atoms with van der Waals surface area (Å²) in [6.45, 7) is 4.85. The number of halogens is 2. The molecule has 30 heavy (non-hydrogen) atoms. The van der Waals surface area contributed by atoms with E-state index < -0.39 is 27.6 Å². The number of nitrogens with one attached hydrogen (secondary N) is 1. The maximum atomic E-state index is 13.3. The van der Waals surface area contributed by atoms with E-state index in [2.05, 4.69) is 15.4 Å². The van der Waals surface area contributed by atoms with Crippen molar-refractivity contribution in [2.24, 2.45) is 0 Å². The molecule has 1 aliphatic heterocycles. The molecule has 3 rings (SSSR count). The summed E-state index contributed by atoms with van der Waals surface area (Å²) in [5.74, 6) is -2.12. The van der Waals surface area contributed by atoms with Gasteiger partial charge in [0.15, 0.2) is 23.1 Å². The molecule has 1 N–H and O–H groups in total. The van der Waals surface area contributed by atoms with Crippen molar-refractivity contribution in [3.63, 3.8) is 0 Å². The predicted octanol–water partition coefficient (Wildman–Crippen LogP) is 1.71. The topological polar surface area (TPSA) is 95.8 Å². The van der Waals surface area contributed by atoms with Gasteiger partial charge in [-0.2, -0.15) is 4.31 Å². The number of aromatic nitrogens is 1. The molecule has 0 saturated carbocycles. The number of hydrogen-bond acceptors (Lipinski definition) is 6. The van der Waals surface area contributed by atoms with Gasteiger partial charge in [0.1, 0.15) is 0 Å². The Balaban J connectivity index is 1.46. The van der Waals surface area contributed by atoms with E-state index in [1.165, 1.54) is 16.4 Å². The fraction of sp³-hybridized carbons (Fsp3) is 0.474. The molecule has 1 fully saturated rings. The van der Waals surface area contributed by atoms with Crippen LogP contribution >= 0.6 is 0 Å². The van der Waals surface area contributed by atoms with Crippen LogP contribution in [0.4, 0.5) is 8.78 Å². The Bertz CT molecular complexity index is 988. The van der Waals surface area contributed by atoms with Crippen molar-refractivity contribution in [2.45, 2.75) is 13.3 Å². The van der Waals surface area contributed by atoms with Gasteiger partial charge in [-0.15, -0.1) is 0 Å². The molecule has 1 aromatic heterocycles. The quantitative estimate of drug-likeness (QED) is 0.669. The maximum Gasteiger partial charge on any atom is 0.273 e. The van der Waals surface area contributed by atoms with Gasteiger partial charge >= 0.3 is 0 Å². The lowest BCUT2D eigenvalue weighted by Crippen LogP contribution is -2.50. The van der Waals surface area contributed by atoms with Crippen LogP contribution in [0.2, 0.25) is 0 Å². The third kappa shape index (κ3) is 5.41. The molecule has 0 bridgehead atoms. The fourth-order valence-electron chi connectivity index (χ4n) is 3.20. The molecular weight excluding hydrogens is 418 g/mol. The summed E-state index contributed by atoms with van der Waals surface area (Å²) >= 11 is 0. The van der Waals surface area contributed by atoms with Crippen LogP contribution in [0, 0.1) is 11.6 Å². The normalized spacial score (nSPS) is 16.0. The highest BCUT2D eigenvalue weighted by Gasteiger charge is 2.26. The second kappa shape index (κ2) is 9.63. The Kier molecular flexibility index (Phi) is 7.16. The van der Waals surface area contributed by atoms with Crippen molar-refractivity contribution < 1.29 is 26.5 Å². The van der Waals surface area contributed by atoms with E-state index in [0.717, 1.165) is 12.1 Å². The van der Waals surface area contributed by atoms with Gasteiger partial charge in [0, 0.05) is 50.9 Å². The monoisotopic (exact) mass is 442 g/mol. The zero-order valence-corrected chi connectivity index (χ0v) is 17.4. The summed E-state index contributed by atoms with van der Waals surface area (Å²) in [4.78, 5) is 14.3. The number of sulfonamides is 1. The second-order valence-electron chi connectivity index (χ2n) is 7.02. The number of carbonyl (C=O) groups excluding carboxylic acids is 1. The first-order valence-electron chi connectivity index (χ1n) is 9.70. The molecule has 164 valence electrons. The van der Waals surface area contributed by atoms with Crippen molar-refractivity contribution in [1.82, 2.24) is 19.7 Å². The molecule has 1 amide bonds. The summed E-state index contributed by atoms with van der Waals surface area (Å²) < 4.78 is 57.1. The summed E-state index contributed by atoms with van der Waals surface area (Å²) in [5.41, 5.74) is 0.307. The molecule has 0 atom stereocenters. The van der Waals surface area contributed by atoms with Crippen molar-refractivity contribution >= 4 is 15.9 Å². The lowest BCUT2D eigenvalue weighted by Gasteiger charge is -2.33. The predicted molar refractivity (Wildman–Crippen MR) is 106 cm³/mol. The number of carbonyl (C=O) groups is 1. The molecule has 11 heteroatoms. The Morgan fingerprint density at radius 2 is 1.90 bits per heavy atom. The van der Waals surface area contributed by atoms with Crippen LogP contribution in [0.25, 0.3) is 11.3 Å². The van der Waals surface area contributed by atoms with Crippen LogP contribution in [0.3, 0.4) is 0 Å². The molecule has 0 spiro atoms. The van der Waals surface area contributed by atoms with Crippen LogP contribution in [0.1, 0.15) is 23.8 Å². The molecule has 0 aliphatic carbocycles. The van der Waals surface area contributed by atoms with Crippen molar-refractivity contribution in [1.29, 1.82) is 0 Å². The standard InChI is InChI=1S/C19H24F2N4O4S/c1-2-11-30(27,28)25-9-7-24(8-10-25)6-5-22-19(26)17-13-18(29-23-17)14-3-4-15(20)16(21)12-14/h3-4,12-13H,2,5-11H2,1H3,(H,22,26). The zero-order chi connectivity index (χ0) is 21.7. The molecule has 2 heterocycles. The SMILES string of the molecule is CCCS(=O)(=O)N1CCN(CCNC(=O)c2cc(-c3ccc(F)c(F)c3)on2)CC1. The van der Waals surface area contributed by atoms with Gasteiger partial charge in [0.25, 0.3) is 5.91 Å². The van der Waals surface area contributed by atoms with Gasteiger partial charge in [-0.25, -0.2) is 17.2 Å². The van der Waals surface area contributed by atoms with Crippen LogP contribution in [0.5, 0.6) is 0 Å². The Morgan fingerprint density at radius 3 is 2.57 bits per heavy atom. The lowest BCUT2D eigenvalue weighted by molar-refractivity contribution is 0.0936. The molecule has 1 saturated heterocycles. The molecule has 0 radical (unpaired) electrons. The van der Waals surface area contributed by atoms with E-state index in [1.54, 1.807) is 0 Å². The van der Waals surface area contributed by atoms with Crippen LogP contribution < -0.4 is 5.32 Å². The molecule has 8 nitrogen and oxygen atoms in total. The minimum Gasteiger partial charge on any atom is -0.355 e. The Labute approximate surface area is 173 Å². The molecule has 1 aliphatic rings. The first-order chi connectivity index (χ1) is 14.3. The van der Waals surface area contributed by atoms with E-state index in [4.69, 9.17) is 4.52 Å². The minimum atomic E-state index is -3.18. The molecule has 0 unspecified atom stereocenters. The summed E-state index contributed by atoms with van der Waals surface area (Å²) in [6.07, 6.45) is 0.592. The third-order valence-electron chi connectivity index (χ3n) is 4.85. The Hall–Kier alpha value is -2.37. The second-order valence-corrected chi connectivity index (χ2v) is 9.11. The zero-order valence-electron chi connectivity index (χ0n) is 16.6. The van der Waals surface area contributed by atoms with E-state index >= 15 is 0 Å². The average molecular weight is 442 g/mol. The average Bonchev–Trinajstić information content (AvgIpc) is 3.21. The highest BCUT2D eigenvalue weighted by atomic mass is 32.2. The summed E-state index contributed by atoms with van der Waals surface area (Å²) in [6, 6.07) is 4.64. The van der Waals surface area contributed by atoms with E-state index in [-0.39, 0.29) is 22.8 Å². The Morgan fingerprint density at radius 1 is 1.17 bits per heavy atom. The van der Waals surface area contributed by atoms with Gasteiger partial charge in [-0.1, -0.05) is 12.1 Å². The van der Waals surface area contributed by atoms with Crippen LogP contribution in [-0.4, -0.2) is 73.7 Å². The van der Waals surface area contributed by atoms with Gasteiger partial charge < -0.3 is 9.84 Å². The number of rotatable bonds is 8. The first-order valence-corrected chi connectivity index (χ1v) is 11.3. The van der Waals surface area contributed by atoms with Crippen molar-refractivity contribution in [3.05, 3.63) is 41.6 Å². The number of nitrogens with zero attached hydrogens (tertiary/aromatic N) is 3. The summed E-state index contributed by atoms with van der Waals surface area (Å²) in [7, 11) is -3.18. The van der Waals surface area contributed by atoms with E-state index in [0.29, 0.717) is 45.7 Å². The lowest BCUT2D eigenvalue weighted by atomic mass is 10.1. The number of piperazine rings is 1. The van der Waals surface area contributed by atoms with Crippen molar-refractivity contribution in [2.75, 3.05) is 45.0 Å². The maximum absolute atomic E-state index is 13.3. The molecule has 2 aromatic rings. The van der Waals surface area contributed by atoms with E-state index in [1.807, 2.05) is 6.92 Å². The highest BCUT2D eigenvalue weighted by molar-refractivity contribution is 7.89. The molecule has 1 aromatic carbocycles. The minimum absolute atomic E-state index is 0.0326. The number of hydrogen-bond donors (Lipinski definition) is 1.